The highest BCUT2D eigenvalue weighted by atomic mass is 16.5. The molecule has 1 spiro atoms. The van der Waals surface area contributed by atoms with Crippen molar-refractivity contribution in [1.82, 2.24) is 14.8 Å². The topological polar surface area (TPSA) is 80.6 Å². The molecule has 1 aliphatic heterocycles. The van der Waals surface area contributed by atoms with Crippen LogP contribution in [0.15, 0.2) is 23.0 Å². The minimum Gasteiger partial charge on any atom is -0.383 e. The summed E-state index contributed by atoms with van der Waals surface area (Å²) in [7, 11) is 3.25. The Balaban J connectivity index is 1.61. The van der Waals surface area contributed by atoms with E-state index in [1.54, 1.807) is 26.3 Å². The lowest BCUT2D eigenvalue weighted by atomic mass is 9.77. The maximum absolute atomic E-state index is 12.5. The number of carbonyl (C=O) groups is 2. The van der Waals surface area contributed by atoms with Crippen LogP contribution in [-0.2, 0) is 16.6 Å². The molecule has 0 radical (unpaired) electrons. The molecule has 0 atom stereocenters. The molecule has 1 saturated carbocycles. The fourth-order valence-corrected chi connectivity index (χ4v) is 4.29. The maximum atomic E-state index is 12.5. The molecule has 1 N–H and O–H groups in total. The van der Waals surface area contributed by atoms with Gasteiger partial charge in [-0.15, -0.1) is 0 Å². The average molecular weight is 361 g/mol. The maximum Gasteiger partial charge on any atom is 0.268 e. The molecule has 7 nitrogen and oxygen atoms in total. The lowest BCUT2D eigenvalue weighted by molar-refractivity contribution is -0.133. The molecule has 2 amide bonds. The summed E-state index contributed by atoms with van der Waals surface area (Å²) in [6.45, 7) is 1.19. The Hall–Kier alpha value is -2.15. The molecule has 2 heterocycles. The van der Waals surface area contributed by atoms with Gasteiger partial charge in [-0.05, 0) is 38.2 Å². The number of methoxy groups -OCH3 is 1. The number of pyridine rings is 1. The molecule has 0 aromatic carbocycles. The van der Waals surface area contributed by atoms with E-state index >= 15 is 0 Å². The van der Waals surface area contributed by atoms with Crippen molar-refractivity contribution in [1.29, 1.82) is 0 Å². The first-order valence-electron chi connectivity index (χ1n) is 9.23. The number of rotatable bonds is 5. The van der Waals surface area contributed by atoms with Gasteiger partial charge in [-0.25, -0.2) is 0 Å². The summed E-state index contributed by atoms with van der Waals surface area (Å²) in [5, 5.41) is 3.05. The van der Waals surface area contributed by atoms with Gasteiger partial charge >= 0.3 is 0 Å². The second-order valence-corrected chi connectivity index (χ2v) is 7.32. The van der Waals surface area contributed by atoms with Crippen molar-refractivity contribution in [2.45, 2.75) is 50.1 Å². The summed E-state index contributed by atoms with van der Waals surface area (Å²) in [6.07, 6.45) is 4.95. The molecule has 1 saturated heterocycles. The molecular weight excluding hydrogens is 334 g/mol. The highest BCUT2D eigenvalue weighted by Gasteiger charge is 2.46. The summed E-state index contributed by atoms with van der Waals surface area (Å²) < 4.78 is 6.51. The first kappa shape index (κ1) is 18.6. The van der Waals surface area contributed by atoms with E-state index in [2.05, 4.69) is 5.32 Å². The van der Waals surface area contributed by atoms with Crippen LogP contribution in [-0.4, -0.2) is 53.1 Å². The Morgan fingerprint density at radius 3 is 2.69 bits per heavy atom. The fraction of sp³-hybridized carbons (Fsp3) is 0.632. The summed E-state index contributed by atoms with van der Waals surface area (Å²) in [4.78, 5) is 38.4. The van der Waals surface area contributed by atoms with Gasteiger partial charge in [0, 0.05) is 44.8 Å². The van der Waals surface area contributed by atoms with Gasteiger partial charge in [0.1, 0.15) is 5.69 Å². The van der Waals surface area contributed by atoms with Crippen LogP contribution in [0.5, 0.6) is 0 Å². The van der Waals surface area contributed by atoms with Crippen molar-refractivity contribution in [3.63, 3.8) is 0 Å². The highest BCUT2D eigenvalue weighted by Crippen LogP contribution is 2.42. The van der Waals surface area contributed by atoms with Crippen LogP contribution in [0.25, 0.3) is 0 Å². The SMILES string of the molecule is COCCN1C(=O)CCC12CCC(NC(=O)c1cccc(=O)n1C)CC2. The fourth-order valence-electron chi connectivity index (χ4n) is 4.29. The second-order valence-electron chi connectivity index (χ2n) is 7.32. The van der Waals surface area contributed by atoms with Gasteiger partial charge in [-0.3, -0.25) is 14.4 Å². The normalized spacial score (nSPS) is 25.7. The van der Waals surface area contributed by atoms with Crippen LogP contribution in [0.3, 0.4) is 0 Å². The Bertz CT molecular complexity index is 735. The third-order valence-electron chi connectivity index (χ3n) is 5.87. The van der Waals surface area contributed by atoms with Crippen molar-refractivity contribution in [2.24, 2.45) is 7.05 Å². The molecule has 0 unspecified atom stereocenters. The lowest BCUT2D eigenvalue weighted by Crippen LogP contribution is -2.52. The van der Waals surface area contributed by atoms with Crippen LogP contribution in [0.1, 0.15) is 49.0 Å². The van der Waals surface area contributed by atoms with Gasteiger partial charge in [0.25, 0.3) is 11.5 Å². The zero-order valence-corrected chi connectivity index (χ0v) is 15.5. The van der Waals surface area contributed by atoms with Crippen molar-refractivity contribution in [2.75, 3.05) is 20.3 Å². The number of ether oxygens (including phenoxy) is 1. The second kappa shape index (κ2) is 7.61. The average Bonchev–Trinajstić information content (AvgIpc) is 2.93. The zero-order chi connectivity index (χ0) is 18.7. The van der Waals surface area contributed by atoms with E-state index in [9.17, 15) is 14.4 Å². The Morgan fingerprint density at radius 1 is 1.27 bits per heavy atom. The predicted molar refractivity (Wildman–Crippen MR) is 97.0 cm³/mol. The number of hydrogen-bond donors (Lipinski definition) is 1. The highest BCUT2D eigenvalue weighted by molar-refractivity contribution is 5.92. The number of nitrogens with zero attached hydrogens (tertiary/aromatic N) is 2. The number of likely N-dealkylation sites (tertiary alicyclic amines) is 1. The zero-order valence-electron chi connectivity index (χ0n) is 15.5. The molecular formula is C19H27N3O4. The van der Waals surface area contributed by atoms with Gasteiger partial charge in [-0.1, -0.05) is 6.07 Å². The first-order valence-corrected chi connectivity index (χ1v) is 9.23. The quantitative estimate of drug-likeness (QED) is 0.851. The monoisotopic (exact) mass is 361 g/mol. The van der Waals surface area contributed by atoms with Crippen molar-refractivity contribution in [3.05, 3.63) is 34.2 Å². The number of aromatic nitrogens is 1. The van der Waals surface area contributed by atoms with Crippen LogP contribution < -0.4 is 10.9 Å². The van der Waals surface area contributed by atoms with Crippen LogP contribution in [0.4, 0.5) is 0 Å². The summed E-state index contributed by atoms with van der Waals surface area (Å²) in [5.74, 6) is -0.00583. The lowest BCUT2D eigenvalue weighted by Gasteiger charge is -2.44. The molecule has 1 aliphatic carbocycles. The molecule has 7 heteroatoms. The number of hydrogen-bond acceptors (Lipinski definition) is 4. The molecule has 1 aromatic heterocycles. The molecule has 3 rings (SSSR count). The van der Waals surface area contributed by atoms with Crippen LogP contribution >= 0.6 is 0 Å². The molecule has 2 fully saturated rings. The summed E-state index contributed by atoms with van der Waals surface area (Å²) in [5.41, 5.74) is 0.102. The third kappa shape index (κ3) is 3.53. The van der Waals surface area contributed by atoms with Crippen molar-refractivity contribution >= 4 is 11.8 Å². The van der Waals surface area contributed by atoms with Gasteiger partial charge in [-0.2, -0.15) is 0 Å². The summed E-state index contributed by atoms with van der Waals surface area (Å²) >= 11 is 0. The van der Waals surface area contributed by atoms with Gasteiger partial charge in [0.15, 0.2) is 0 Å². The predicted octanol–water partition coefficient (Wildman–Crippen LogP) is 1.07. The van der Waals surface area contributed by atoms with E-state index in [1.165, 1.54) is 10.6 Å². The van der Waals surface area contributed by atoms with Crippen molar-refractivity contribution < 1.29 is 14.3 Å². The smallest absolute Gasteiger partial charge is 0.268 e. The first-order chi connectivity index (χ1) is 12.5. The van der Waals surface area contributed by atoms with Gasteiger partial charge in [0.05, 0.1) is 6.61 Å². The van der Waals surface area contributed by atoms with E-state index < -0.39 is 0 Å². The van der Waals surface area contributed by atoms with E-state index in [0.29, 0.717) is 25.3 Å². The van der Waals surface area contributed by atoms with Gasteiger partial charge < -0.3 is 19.5 Å². The molecule has 1 aromatic rings. The van der Waals surface area contributed by atoms with Crippen LogP contribution in [0, 0.1) is 0 Å². The molecule has 26 heavy (non-hydrogen) atoms. The van der Waals surface area contributed by atoms with E-state index in [4.69, 9.17) is 4.74 Å². The molecule has 2 aliphatic rings. The molecule has 0 bridgehead atoms. The summed E-state index contributed by atoms with van der Waals surface area (Å²) in [6, 6.07) is 4.77. The van der Waals surface area contributed by atoms with E-state index in [0.717, 1.165) is 32.1 Å². The molecule has 142 valence electrons. The Labute approximate surface area is 153 Å². The number of amides is 2. The Morgan fingerprint density at radius 2 is 2.00 bits per heavy atom. The minimum absolute atomic E-state index is 0.0726. The van der Waals surface area contributed by atoms with Crippen LogP contribution in [0.2, 0.25) is 0 Å². The Kier molecular flexibility index (Phi) is 5.46. The van der Waals surface area contributed by atoms with E-state index in [-0.39, 0.29) is 29.0 Å². The third-order valence-corrected chi connectivity index (χ3v) is 5.87. The standard InChI is InChI=1S/C19H27N3O4/c1-21-15(4-3-5-16(21)23)18(25)20-14-6-9-19(10-7-14)11-8-17(24)22(19)12-13-26-2/h3-5,14H,6-13H2,1-2H3,(H,20,25). The van der Waals surface area contributed by atoms with Gasteiger partial charge in [0.2, 0.25) is 5.91 Å². The number of nitrogens with one attached hydrogen (secondary N) is 1. The minimum atomic E-state index is -0.218. The largest absolute Gasteiger partial charge is 0.383 e. The van der Waals surface area contributed by atoms with Crippen molar-refractivity contribution in [3.8, 4) is 0 Å². The van der Waals surface area contributed by atoms with E-state index in [1.807, 2.05) is 4.90 Å². The number of carbonyl (C=O) groups excluding carboxylic acids is 2.